The Morgan fingerprint density at radius 2 is 1.93 bits per heavy atom. The summed E-state index contributed by atoms with van der Waals surface area (Å²) in [6.07, 6.45) is 12.4. The van der Waals surface area contributed by atoms with Crippen LogP contribution in [-0.2, 0) is 4.74 Å². The standard InChI is InChI=1S/C13H22O/c1-2-14-11-12-6-5-9-13(10-12)7-3-4-8-13/h10H,2-9,11H2,1H3. The van der Waals surface area contributed by atoms with Crippen molar-refractivity contribution in [3.8, 4) is 0 Å². The zero-order valence-corrected chi connectivity index (χ0v) is 9.35. The van der Waals surface area contributed by atoms with Crippen LogP contribution in [0.4, 0.5) is 0 Å². The van der Waals surface area contributed by atoms with Gasteiger partial charge in [0.1, 0.15) is 0 Å². The average molecular weight is 194 g/mol. The molecule has 0 aromatic carbocycles. The minimum Gasteiger partial charge on any atom is -0.377 e. The number of rotatable bonds is 3. The zero-order chi connectivity index (χ0) is 9.86. The Hall–Kier alpha value is -0.300. The van der Waals surface area contributed by atoms with Crippen molar-refractivity contribution in [1.82, 2.24) is 0 Å². The molecular formula is C13H22O. The van der Waals surface area contributed by atoms with Gasteiger partial charge in [-0.15, -0.1) is 0 Å². The lowest BCUT2D eigenvalue weighted by Crippen LogP contribution is -2.19. The minimum atomic E-state index is 0.602. The van der Waals surface area contributed by atoms with Crippen molar-refractivity contribution in [1.29, 1.82) is 0 Å². The van der Waals surface area contributed by atoms with Crippen LogP contribution in [0, 0.1) is 5.41 Å². The Morgan fingerprint density at radius 1 is 1.21 bits per heavy atom. The second kappa shape index (κ2) is 4.48. The van der Waals surface area contributed by atoms with E-state index in [2.05, 4.69) is 13.0 Å². The molecule has 0 aromatic rings. The summed E-state index contributed by atoms with van der Waals surface area (Å²) in [6, 6.07) is 0. The van der Waals surface area contributed by atoms with E-state index in [1.807, 2.05) is 0 Å². The van der Waals surface area contributed by atoms with E-state index in [9.17, 15) is 0 Å². The molecule has 0 amide bonds. The fourth-order valence-corrected chi connectivity index (χ4v) is 3.07. The fraction of sp³-hybridized carbons (Fsp3) is 0.846. The van der Waals surface area contributed by atoms with Crippen molar-refractivity contribution in [3.05, 3.63) is 11.6 Å². The molecule has 2 aliphatic carbocycles. The summed E-state index contributed by atoms with van der Waals surface area (Å²) >= 11 is 0. The van der Waals surface area contributed by atoms with Crippen molar-refractivity contribution in [2.24, 2.45) is 5.41 Å². The van der Waals surface area contributed by atoms with Crippen LogP contribution in [0.5, 0.6) is 0 Å². The first-order valence-corrected chi connectivity index (χ1v) is 6.13. The summed E-state index contributed by atoms with van der Waals surface area (Å²) in [5, 5.41) is 0. The highest BCUT2D eigenvalue weighted by molar-refractivity contribution is 5.15. The van der Waals surface area contributed by atoms with Crippen LogP contribution in [0.2, 0.25) is 0 Å². The second-order valence-electron chi connectivity index (χ2n) is 4.86. The smallest absolute Gasteiger partial charge is 0.0676 e. The van der Waals surface area contributed by atoms with E-state index >= 15 is 0 Å². The van der Waals surface area contributed by atoms with Gasteiger partial charge in [-0.25, -0.2) is 0 Å². The van der Waals surface area contributed by atoms with Gasteiger partial charge in [-0.1, -0.05) is 18.9 Å². The summed E-state index contributed by atoms with van der Waals surface area (Å²) < 4.78 is 5.51. The van der Waals surface area contributed by atoms with Crippen LogP contribution in [0.1, 0.15) is 51.9 Å². The first kappa shape index (κ1) is 10.2. The molecule has 80 valence electrons. The van der Waals surface area contributed by atoms with Gasteiger partial charge in [-0.2, -0.15) is 0 Å². The summed E-state index contributed by atoms with van der Waals surface area (Å²) in [5.74, 6) is 0. The normalized spacial score (nSPS) is 25.4. The lowest BCUT2D eigenvalue weighted by atomic mass is 9.75. The molecule has 0 heterocycles. The molecule has 1 saturated carbocycles. The highest BCUT2D eigenvalue weighted by atomic mass is 16.5. The van der Waals surface area contributed by atoms with Crippen molar-refractivity contribution >= 4 is 0 Å². The third-order valence-electron chi connectivity index (χ3n) is 3.77. The van der Waals surface area contributed by atoms with E-state index in [0.717, 1.165) is 13.2 Å². The Kier molecular flexibility index (Phi) is 3.27. The first-order valence-electron chi connectivity index (χ1n) is 6.13. The molecule has 0 radical (unpaired) electrons. The third-order valence-corrected chi connectivity index (χ3v) is 3.77. The lowest BCUT2D eigenvalue weighted by molar-refractivity contribution is 0.163. The maximum absolute atomic E-state index is 5.51. The molecule has 0 unspecified atom stereocenters. The van der Waals surface area contributed by atoms with Gasteiger partial charge < -0.3 is 4.74 Å². The molecule has 2 aliphatic rings. The molecule has 0 bridgehead atoms. The Balaban J connectivity index is 1.99. The molecule has 1 fully saturated rings. The van der Waals surface area contributed by atoms with Crippen molar-refractivity contribution < 1.29 is 4.74 Å². The van der Waals surface area contributed by atoms with Crippen LogP contribution in [0.25, 0.3) is 0 Å². The Bertz CT molecular complexity index is 211. The van der Waals surface area contributed by atoms with Crippen molar-refractivity contribution in [2.45, 2.75) is 51.9 Å². The van der Waals surface area contributed by atoms with Crippen LogP contribution in [0.15, 0.2) is 11.6 Å². The van der Waals surface area contributed by atoms with Crippen molar-refractivity contribution in [3.63, 3.8) is 0 Å². The molecular weight excluding hydrogens is 172 g/mol. The van der Waals surface area contributed by atoms with E-state index in [0.29, 0.717) is 5.41 Å². The van der Waals surface area contributed by atoms with E-state index in [-0.39, 0.29) is 0 Å². The summed E-state index contributed by atoms with van der Waals surface area (Å²) in [4.78, 5) is 0. The Labute approximate surface area is 87.5 Å². The average Bonchev–Trinajstić information content (AvgIpc) is 2.63. The molecule has 0 aliphatic heterocycles. The SMILES string of the molecule is CCOCC1=CC2(CCCC2)CCC1. The highest BCUT2D eigenvalue weighted by Gasteiger charge is 2.33. The van der Waals surface area contributed by atoms with Gasteiger partial charge in [-0.3, -0.25) is 0 Å². The molecule has 1 nitrogen and oxygen atoms in total. The molecule has 0 aromatic heterocycles. The van der Waals surface area contributed by atoms with Crippen LogP contribution >= 0.6 is 0 Å². The molecule has 1 heteroatoms. The van der Waals surface area contributed by atoms with E-state index in [4.69, 9.17) is 4.74 Å². The predicted molar refractivity (Wildman–Crippen MR) is 59.3 cm³/mol. The quantitative estimate of drug-likeness (QED) is 0.622. The molecule has 1 spiro atoms. The monoisotopic (exact) mass is 194 g/mol. The highest BCUT2D eigenvalue weighted by Crippen LogP contribution is 2.47. The second-order valence-corrected chi connectivity index (χ2v) is 4.86. The predicted octanol–water partition coefficient (Wildman–Crippen LogP) is 3.69. The number of hydrogen-bond acceptors (Lipinski definition) is 1. The van der Waals surface area contributed by atoms with Gasteiger partial charge in [0.05, 0.1) is 6.61 Å². The molecule has 0 atom stereocenters. The van der Waals surface area contributed by atoms with Crippen LogP contribution < -0.4 is 0 Å². The lowest BCUT2D eigenvalue weighted by Gasteiger charge is -2.31. The number of allylic oxidation sites excluding steroid dienone is 1. The minimum absolute atomic E-state index is 0.602. The van der Waals surface area contributed by atoms with E-state index < -0.39 is 0 Å². The first-order chi connectivity index (χ1) is 6.85. The topological polar surface area (TPSA) is 9.23 Å². The van der Waals surface area contributed by atoms with Gasteiger partial charge in [-0.05, 0) is 50.0 Å². The molecule has 14 heavy (non-hydrogen) atoms. The summed E-state index contributed by atoms with van der Waals surface area (Å²) in [5.41, 5.74) is 2.17. The zero-order valence-electron chi connectivity index (χ0n) is 9.35. The van der Waals surface area contributed by atoms with E-state index in [1.54, 1.807) is 5.57 Å². The van der Waals surface area contributed by atoms with Gasteiger partial charge >= 0.3 is 0 Å². The number of ether oxygens (including phenoxy) is 1. The number of hydrogen-bond donors (Lipinski definition) is 0. The fourth-order valence-electron chi connectivity index (χ4n) is 3.07. The largest absolute Gasteiger partial charge is 0.377 e. The molecule has 0 N–H and O–H groups in total. The summed E-state index contributed by atoms with van der Waals surface area (Å²) in [7, 11) is 0. The summed E-state index contributed by atoms with van der Waals surface area (Å²) in [6.45, 7) is 3.82. The van der Waals surface area contributed by atoms with Crippen molar-refractivity contribution in [2.75, 3.05) is 13.2 Å². The third kappa shape index (κ3) is 2.20. The van der Waals surface area contributed by atoms with Crippen LogP contribution in [-0.4, -0.2) is 13.2 Å². The van der Waals surface area contributed by atoms with Gasteiger partial charge in [0, 0.05) is 6.61 Å². The van der Waals surface area contributed by atoms with E-state index in [1.165, 1.54) is 44.9 Å². The Morgan fingerprint density at radius 3 is 2.64 bits per heavy atom. The van der Waals surface area contributed by atoms with Gasteiger partial charge in [0.15, 0.2) is 0 Å². The molecule has 2 rings (SSSR count). The van der Waals surface area contributed by atoms with Gasteiger partial charge in [0.2, 0.25) is 0 Å². The van der Waals surface area contributed by atoms with Gasteiger partial charge in [0.25, 0.3) is 0 Å². The maximum Gasteiger partial charge on any atom is 0.0676 e. The molecule has 0 saturated heterocycles. The maximum atomic E-state index is 5.51. The van der Waals surface area contributed by atoms with Crippen LogP contribution in [0.3, 0.4) is 0 Å².